The molecule has 0 radical (unpaired) electrons. The molecule has 2 aliphatic rings. The number of hydrogen-bond acceptors (Lipinski definition) is 5. The van der Waals surface area contributed by atoms with Gasteiger partial charge in [0, 0.05) is 25.1 Å². The Balaban J connectivity index is 1.68. The first-order chi connectivity index (χ1) is 8.83. The predicted octanol–water partition coefficient (Wildman–Crippen LogP) is 1.06. The van der Waals surface area contributed by atoms with Gasteiger partial charge in [-0.15, -0.1) is 0 Å². The number of nitrogens with one attached hydrogen (secondary N) is 1. The minimum atomic E-state index is 0.400. The number of rotatable bonds is 3. The molecule has 3 heterocycles. The van der Waals surface area contributed by atoms with E-state index in [1.54, 1.807) is 0 Å². The fourth-order valence-corrected chi connectivity index (χ4v) is 2.92. The van der Waals surface area contributed by atoms with Gasteiger partial charge in [-0.25, -0.2) is 4.98 Å². The highest BCUT2D eigenvalue weighted by molar-refractivity contribution is 5.53. The van der Waals surface area contributed by atoms with Crippen molar-refractivity contribution in [2.75, 3.05) is 37.2 Å². The third kappa shape index (κ3) is 2.41. The van der Waals surface area contributed by atoms with E-state index in [2.05, 4.69) is 20.2 Å². The quantitative estimate of drug-likeness (QED) is 0.836. The van der Waals surface area contributed by atoms with Gasteiger partial charge in [0.1, 0.15) is 5.82 Å². The van der Waals surface area contributed by atoms with Gasteiger partial charge >= 0.3 is 0 Å². The van der Waals surface area contributed by atoms with Crippen molar-refractivity contribution in [1.82, 2.24) is 14.9 Å². The van der Waals surface area contributed by atoms with E-state index in [0.717, 1.165) is 37.4 Å². The van der Waals surface area contributed by atoms with Crippen LogP contribution in [0.1, 0.15) is 30.5 Å². The third-order valence-corrected chi connectivity index (χ3v) is 3.89. The number of nitrogens with two attached hydrogens (primary N) is 1. The summed E-state index contributed by atoms with van der Waals surface area (Å²) < 4.78 is 0. The molecule has 18 heavy (non-hydrogen) atoms. The summed E-state index contributed by atoms with van der Waals surface area (Å²) in [6.45, 7) is 4.54. The first kappa shape index (κ1) is 11.7. The summed E-state index contributed by atoms with van der Waals surface area (Å²) in [7, 11) is 0. The zero-order valence-electron chi connectivity index (χ0n) is 10.8. The summed E-state index contributed by atoms with van der Waals surface area (Å²) in [5, 5.41) is 3.27. The average molecular weight is 247 g/mol. The second-order valence-corrected chi connectivity index (χ2v) is 5.18. The number of likely N-dealkylation sites (tertiary alicyclic amines) is 1. The van der Waals surface area contributed by atoms with Crippen LogP contribution in [0.2, 0.25) is 0 Å². The van der Waals surface area contributed by atoms with Gasteiger partial charge in [-0.2, -0.15) is 4.98 Å². The van der Waals surface area contributed by atoms with Crippen molar-refractivity contribution in [3.63, 3.8) is 0 Å². The van der Waals surface area contributed by atoms with Crippen molar-refractivity contribution >= 4 is 11.8 Å². The highest BCUT2D eigenvalue weighted by Crippen LogP contribution is 2.24. The summed E-state index contributed by atoms with van der Waals surface area (Å²) in [5.74, 6) is 1.35. The molecule has 0 bridgehead atoms. The minimum Gasteiger partial charge on any atom is -0.369 e. The van der Waals surface area contributed by atoms with Crippen LogP contribution in [0, 0.1) is 0 Å². The molecular weight excluding hydrogens is 226 g/mol. The van der Waals surface area contributed by atoms with Crippen LogP contribution in [-0.2, 0) is 12.8 Å². The Morgan fingerprint density at radius 2 is 2.00 bits per heavy atom. The molecule has 0 aliphatic carbocycles. The highest BCUT2D eigenvalue weighted by Gasteiger charge is 2.19. The van der Waals surface area contributed by atoms with Crippen molar-refractivity contribution in [2.45, 2.75) is 32.1 Å². The van der Waals surface area contributed by atoms with Gasteiger partial charge in [0.2, 0.25) is 5.95 Å². The Kier molecular flexibility index (Phi) is 3.32. The van der Waals surface area contributed by atoms with Crippen LogP contribution in [0.25, 0.3) is 0 Å². The summed E-state index contributed by atoms with van der Waals surface area (Å²) in [6.07, 6.45) is 6.09. The smallest absolute Gasteiger partial charge is 0.222 e. The lowest BCUT2D eigenvalue weighted by Crippen LogP contribution is -2.31. The topological polar surface area (TPSA) is 67.1 Å². The largest absolute Gasteiger partial charge is 0.369 e. The lowest BCUT2D eigenvalue weighted by molar-refractivity contribution is 0.231. The Labute approximate surface area is 108 Å². The Morgan fingerprint density at radius 3 is 2.83 bits per heavy atom. The van der Waals surface area contributed by atoms with E-state index in [-0.39, 0.29) is 0 Å². The number of aromatic nitrogens is 2. The molecular formula is C13H21N5. The maximum atomic E-state index is 5.76. The van der Waals surface area contributed by atoms with Crippen molar-refractivity contribution in [1.29, 1.82) is 0 Å². The first-order valence-corrected chi connectivity index (χ1v) is 6.94. The maximum absolute atomic E-state index is 5.76. The van der Waals surface area contributed by atoms with Gasteiger partial charge in [0.25, 0.3) is 0 Å². The van der Waals surface area contributed by atoms with Crippen LogP contribution in [0.5, 0.6) is 0 Å². The fraction of sp³-hybridized carbons (Fsp3) is 0.692. The normalized spacial score (nSPS) is 19.6. The molecule has 2 aliphatic heterocycles. The molecule has 5 heteroatoms. The van der Waals surface area contributed by atoms with Gasteiger partial charge in [-0.3, -0.25) is 0 Å². The van der Waals surface area contributed by atoms with Crippen molar-refractivity contribution < 1.29 is 0 Å². The number of piperidine rings is 1. The highest BCUT2D eigenvalue weighted by atomic mass is 15.1. The van der Waals surface area contributed by atoms with Gasteiger partial charge in [-0.1, -0.05) is 6.42 Å². The molecule has 3 rings (SSSR count). The Morgan fingerprint density at radius 1 is 1.17 bits per heavy atom. The van der Waals surface area contributed by atoms with E-state index in [9.17, 15) is 0 Å². The second kappa shape index (κ2) is 5.10. The zero-order chi connectivity index (χ0) is 12.4. The predicted molar refractivity (Wildman–Crippen MR) is 72.6 cm³/mol. The number of anilines is 2. The minimum absolute atomic E-state index is 0.400. The first-order valence-electron chi connectivity index (χ1n) is 6.94. The van der Waals surface area contributed by atoms with E-state index >= 15 is 0 Å². The van der Waals surface area contributed by atoms with Crippen LogP contribution in [0.3, 0.4) is 0 Å². The van der Waals surface area contributed by atoms with Crippen molar-refractivity contribution in [3.05, 3.63) is 11.3 Å². The summed E-state index contributed by atoms with van der Waals surface area (Å²) in [5.41, 5.74) is 8.19. The Bertz CT molecular complexity index is 426. The van der Waals surface area contributed by atoms with Gasteiger partial charge in [0.05, 0.1) is 5.69 Å². The third-order valence-electron chi connectivity index (χ3n) is 3.89. The van der Waals surface area contributed by atoms with E-state index in [1.165, 1.54) is 37.9 Å². The molecule has 0 aromatic carbocycles. The van der Waals surface area contributed by atoms with E-state index < -0.39 is 0 Å². The number of nitrogens with zero attached hydrogens (tertiary/aromatic N) is 3. The molecule has 0 amide bonds. The maximum Gasteiger partial charge on any atom is 0.222 e. The van der Waals surface area contributed by atoms with Gasteiger partial charge < -0.3 is 16.0 Å². The summed E-state index contributed by atoms with van der Waals surface area (Å²) in [4.78, 5) is 11.2. The van der Waals surface area contributed by atoms with Crippen molar-refractivity contribution in [2.24, 2.45) is 0 Å². The van der Waals surface area contributed by atoms with E-state index in [1.807, 2.05) is 0 Å². The van der Waals surface area contributed by atoms with Crippen LogP contribution >= 0.6 is 0 Å². The summed E-state index contributed by atoms with van der Waals surface area (Å²) >= 11 is 0. The molecule has 98 valence electrons. The summed E-state index contributed by atoms with van der Waals surface area (Å²) in [6, 6.07) is 0. The van der Waals surface area contributed by atoms with Crippen molar-refractivity contribution in [3.8, 4) is 0 Å². The Hall–Kier alpha value is -1.36. The van der Waals surface area contributed by atoms with E-state index in [4.69, 9.17) is 5.73 Å². The number of fused-ring (bicyclic) bond motifs is 1. The van der Waals surface area contributed by atoms with Crippen LogP contribution in [0.15, 0.2) is 0 Å². The zero-order valence-corrected chi connectivity index (χ0v) is 10.8. The molecule has 1 aromatic rings. The fourth-order valence-electron chi connectivity index (χ4n) is 2.92. The lowest BCUT2D eigenvalue weighted by Gasteiger charge is -2.26. The van der Waals surface area contributed by atoms with Gasteiger partial charge in [0.15, 0.2) is 0 Å². The monoisotopic (exact) mass is 247 g/mol. The molecule has 3 N–H and O–H groups in total. The van der Waals surface area contributed by atoms with E-state index in [0.29, 0.717) is 5.95 Å². The van der Waals surface area contributed by atoms with Gasteiger partial charge in [-0.05, 0) is 32.4 Å². The standard InChI is InChI=1S/C13H21N5/c14-13-16-11(10-4-6-15-12(10)17-13)5-9-18-7-2-1-3-8-18/h1-9H2,(H3,14,15,16,17). The molecule has 0 atom stereocenters. The average Bonchev–Trinajstić information content (AvgIpc) is 2.85. The molecule has 0 spiro atoms. The van der Waals surface area contributed by atoms with Crippen LogP contribution in [-0.4, -0.2) is 41.0 Å². The lowest BCUT2D eigenvalue weighted by atomic mass is 10.1. The number of hydrogen-bond donors (Lipinski definition) is 2. The van der Waals surface area contributed by atoms with Crippen LogP contribution in [0.4, 0.5) is 11.8 Å². The number of nitrogen functional groups attached to an aromatic ring is 1. The molecule has 0 saturated carbocycles. The molecule has 5 nitrogen and oxygen atoms in total. The van der Waals surface area contributed by atoms with Crippen LogP contribution < -0.4 is 11.1 Å². The molecule has 1 fully saturated rings. The molecule has 1 saturated heterocycles. The molecule has 0 unspecified atom stereocenters. The second-order valence-electron chi connectivity index (χ2n) is 5.18. The SMILES string of the molecule is Nc1nc(CCN2CCCCC2)c2c(n1)NCC2. The molecule has 1 aromatic heterocycles.